The van der Waals surface area contributed by atoms with E-state index >= 15 is 0 Å². The van der Waals surface area contributed by atoms with E-state index in [-0.39, 0.29) is 23.7 Å². The number of aromatic carboxylic acids is 1. The molecule has 0 aliphatic rings. The van der Waals surface area contributed by atoms with Crippen LogP contribution in [0.25, 0.3) is 0 Å². The van der Waals surface area contributed by atoms with Gasteiger partial charge in [-0.2, -0.15) is 0 Å². The van der Waals surface area contributed by atoms with Crippen molar-refractivity contribution in [3.63, 3.8) is 0 Å². The summed E-state index contributed by atoms with van der Waals surface area (Å²) in [6.07, 6.45) is 5.16. The Morgan fingerprint density at radius 2 is 2.33 bits per heavy atom. The van der Waals surface area contributed by atoms with Crippen molar-refractivity contribution in [2.75, 3.05) is 18.0 Å². The van der Waals surface area contributed by atoms with E-state index in [0.29, 0.717) is 6.54 Å². The molecule has 0 aromatic carbocycles. The molecule has 0 unspecified atom stereocenters. The van der Waals surface area contributed by atoms with Crippen LogP contribution in [0.2, 0.25) is 0 Å². The standard InChI is InChI=1S/C11H11N3O4/c1-3-7-13(4-2)10-9(14(17)18)6-5-8(12-10)11(15)16/h1,5-6H,4,7H2,2H3,(H,15,16). The van der Waals surface area contributed by atoms with Crippen molar-refractivity contribution < 1.29 is 14.8 Å². The largest absolute Gasteiger partial charge is 0.477 e. The zero-order valence-electron chi connectivity index (χ0n) is 9.66. The Hall–Kier alpha value is -2.62. The van der Waals surface area contributed by atoms with Gasteiger partial charge in [0.2, 0.25) is 5.82 Å². The summed E-state index contributed by atoms with van der Waals surface area (Å²) < 4.78 is 0. The summed E-state index contributed by atoms with van der Waals surface area (Å²) in [5.74, 6) is 1.07. The van der Waals surface area contributed by atoms with Crippen molar-refractivity contribution in [3.05, 3.63) is 27.9 Å². The predicted molar refractivity (Wildman–Crippen MR) is 64.6 cm³/mol. The molecule has 94 valence electrons. The first-order chi connectivity index (χ1) is 8.51. The molecule has 0 spiro atoms. The van der Waals surface area contributed by atoms with Gasteiger partial charge in [-0.15, -0.1) is 6.42 Å². The van der Waals surface area contributed by atoms with Crippen LogP contribution in [0.15, 0.2) is 12.1 Å². The number of pyridine rings is 1. The fourth-order valence-electron chi connectivity index (χ4n) is 1.38. The molecule has 18 heavy (non-hydrogen) atoms. The average Bonchev–Trinajstić information content (AvgIpc) is 2.35. The van der Waals surface area contributed by atoms with Gasteiger partial charge < -0.3 is 10.0 Å². The highest BCUT2D eigenvalue weighted by molar-refractivity contribution is 5.86. The topological polar surface area (TPSA) is 96.6 Å². The van der Waals surface area contributed by atoms with Gasteiger partial charge in [-0.1, -0.05) is 5.92 Å². The van der Waals surface area contributed by atoms with Gasteiger partial charge in [-0.3, -0.25) is 10.1 Å². The lowest BCUT2D eigenvalue weighted by atomic mass is 10.3. The van der Waals surface area contributed by atoms with Crippen molar-refractivity contribution in [2.24, 2.45) is 0 Å². The van der Waals surface area contributed by atoms with Crippen LogP contribution in [-0.2, 0) is 0 Å². The van der Waals surface area contributed by atoms with E-state index in [1.807, 2.05) is 0 Å². The molecule has 1 aromatic rings. The van der Waals surface area contributed by atoms with E-state index in [0.717, 1.165) is 12.1 Å². The molecule has 1 rings (SSSR count). The highest BCUT2D eigenvalue weighted by Gasteiger charge is 2.22. The maximum atomic E-state index is 10.9. The zero-order chi connectivity index (χ0) is 13.7. The first kappa shape index (κ1) is 13.4. The average molecular weight is 249 g/mol. The second-order valence-corrected chi connectivity index (χ2v) is 3.32. The predicted octanol–water partition coefficient (Wildman–Crippen LogP) is 1.15. The normalized spacial score (nSPS) is 9.56. The minimum Gasteiger partial charge on any atom is -0.477 e. The van der Waals surface area contributed by atoms with Gasteiger partial charge in [0, 0.05) is 12.6 Å². The van der Waals surface area contributed by atoms with E-state index in [1.54, 1.807) is 6.92 Å². The van der Waals surface area contributed by atoms with E-state index < -0.39 is 10.9 Å². The SMILES string of the molecule is C#CCN(CC)c1nc(C(=O)O)ccc1[N+](=O)[O-]. The molecule has 1 N–H and O–H groups in total. The Bertz CT molecular complexity index is 522. The monoisotopic (exact) mass is 249 g/mol. The smallest absolute Gasteiger partial charge is 0.354 e. The highest BCUT2D eigenvalue weighted by Crippen LogP contribution is 2.25. The molecule has 0 radical (unpaired) electrons. The van der Waals surface area contributed by atoms with Crippen molar-refractivity contribution in [2.45, 2.75) is 6.92 Å². The molecule has 0 saturated carbocycles. The van der Waals surface area contributed by atoms with Crippen molar-refractivity contribution in [3.8, 4) is 12.3 Å². The number of hydrogen-bond acceptors (Lipinski definition) is 5. The van der Waals surface area contributed by atoms with Crippen molar-refractivity contribution in [1.29, 1.82) is 0 Å². The van der Waals surface area contributed by atoms with Gasteiger partial charge >= 0.3 is 11.7 Å². The number of nitro groups is 1. The summed E-state index contributed by atoms with van der Waals surface area (Å²) in [7, 11) is 0. The summed E-state index contributed by atoms with van der Waals surface area (Å²) in [6, 6.07) is 2.21. The molecule has 0 bridgehead atoms. The molecular weight excluding hydrogens is 238 g/mol. The lowest BCUT2D eigenvalue weighted by Gasteiger charge is -2.18. The van der Waals surface area contributed by atoms with E-state index in [4.69, 9.17) is 11.5 Å². The van der Waals surface area contributed by atoms with Gasteiger partial charge in [0.15, 0.2) is 5.69 Å². The molecule has 0 aliphatic carbocycles. The lowest BCUT2D eigenvalue weighted by molar-refractivity contribution is -0.384. The number of terminal acetylenes is 1. The maximum absolute atomic E-state index is 10.9. The number of carboxylic acid groups (broad SMARTS) is 1. The second kappa shape index (κ2) is 5.63. The molecule has 0 saturated heterocycles. The number of nitrogens with zero attached hydrogens (tertiary/aromatic N) is 3. The summed E-state index contributed by atoms with van der Waals surface area (Å²) in [4.78, 5) is 26.3. The highest BCUT2D eigenvalue weighted by atomic mass is 16.6. The molecule has 0 fully saturated rings. The van der Waals surface area contributed by atoms with Crippen LogP contribution in [0.4, 0.5) is 11.5 Å². The van der Waals surface area contributed by atoms with Gasteiger partial charge in [-0.05, 0) is 13.0 Å². The van der Waals surface area contributed by atoms with E-state index in [1.165, 1.54) is 4.90 Å². The van der Waals surface area contributed by atoms with Gasteiger partial charge in [0.1, 0.15) is 0 Å². The molecule has 7 heteroatoms. The second-order valence-electron chi connectivity index (χ2n) is 3.32. The van der Waals surface area contributed by atoms with Crippen molar-refractivity contribution in [1.82, 2.24) is 4.98 Å². The van der Waals surface area contributed by atoms with Crippen molar-refractivity contribution >= 4 is 17.5 Å². The zero-order valence-corrected chi connectivity index (χ0v) is 9.66. The Morgan fingerprint density at radius 3 is 2.78 bits per heavy atom. The molecule has 7 nitrogen and oxygen atoms in total. The summed E-state index contributed by atoms with van der Waals surface area (Å²) in [5, 5.41) is 19.7. The Balaban J connectivity index is 3.35. The van der Waals surface area contributed by atoms with Crippen LogP contribution >= 0.6 is 0 Å². The van der Waals surface area contributed by atoms with Crippen LogP contribution in [0.5, 0.6) is 0 Å². The molecule has 0 aliphatic heterocycles. The number of hydrogen-bond donors (Lipinski definition) is 1. The Morgan fingerprint density at radius 1 is 1.67 bits per heavy atom. The molecule has 0 atom stereocenters. The number of carbonyl (C=O) groups is 1. The van der Waals surface area contributed by atoms with Crippen LogP contribution in [-0.4, -0.2) is 34.1 Å². The van der Waals surface area contributed by atoms with Gasteiger partial charge in [-0.25, -0.2) is 9.78 Å². The van der Waals surface area contributed by atoms with Crippen LogP contribution in [0.1, 0.15) is 17.4 Å². The first-order valence-corrected chi connectivity index (χ1v) is 5.08. The maximum Gasteiger partial charge on any atom is 0.354 e. The van der Waals surface area contributed by atoms with Crippen LogP contribution in [0, 0.1) is 22.5 Å². The molecular formula is C11H11N3O4. The number of rotatable bonds is 5. The van der Waals surface area contributed by atoms with E-state index in [2.05, 4.69) is 10.9 Å². The summed E-state index contributed by atoms with van der Waals surface area (Å²) in [5.41, 5.74) is -0.525. The minimum atomic E-state index is -1.25. The summed E-state index contributed by atoms with van der Waals surface area (Å²) in [6.45, 7) is 2.25. The van der Waals surface area contributed by atoms with E-state index in [9.17, 15) is 14.9 Å². The molecule has 0 amide bonds. The van der Waals surface area contributed by atoms with Gasteiger partial charge in [0.25, 0.3) is 0 Å². The fourth-order valence-corrected chi connectivity index (χ4v) is 1.38. The fraction of sp³-hybridized carbons (Fsp3) is 0.273. The minimum absolute atomic E-state index is 0.0275. The third-order valence-electron chi connectivity index (χ3n) is 2.23. The lowest BCUT2D eigenvalue weighted by Crippen LogP contribution is -2.25. The Kier molecular flexibility index (Phi) is 4.21. The summed E-state index contributed by atoms with van der Waals surface area (Å²) >= 11 is 0. The first-order valence-electron chi connectivity index (χ1n) is 5.08. The van der Waals surface area contributed by atoms with Gasteiger partial charge in [0.05, 0.1) is 11.5 Å². The number of anilines is 1. The Labute approximate surface area is 103 Å². The quantitative estimate of drug-likeness (QED) is 0.477. The molecule has 1 aromatic heterocycles. The number of aromatic nitrogens is 1. The third-order valence-corrected chi connectivity index (χ3v) is 2.23. The third kappa shape index (κ3) is 2.74. The van der Waals surface area contributed by atoms with Crippen LogP contribution < -0.4 is 4.90 Å². The molecule has 1 heterocycles. The number of carboxylic acids is 1. The van der Waals surface area contributed by atoms with Crippen LogP contribution in [0.3, 0.4) is 0 Å².